The minimum Gasteiger partial charge on any atom is -0.495 e. The summed E-state index contributed by atoms with van der Waals surface area (Å²) in [5.74, 6) is 1.17. The van der Waals surface area contributed by atoms with Crippen molar-refractivity contribution in [2.24, 2.45) is 0 Å². The fourth-order valence-corrected chi connectivity index (χ4v) is 6.88. The molecule has 0 bridgehead atoms. The molecule has 2 heterocycles. The second kappa shape index (κ2) is 9.68. The van der Waals surface area contributed by atoms with Gasteiger partial charge in [-0.2, -0.15) is 0 Å². The number of benzene rings is 2. The molecule has 0 atom stereocenters. The van der Waals surface area contributed by atoms with Gasteiger partial charge in [-0.05, 0) is 62.2 Å². The lowest BCUT2D eigenvalue weighted by Gasteiger charge is -2.31. The molecular weight excluding hydrogens is 468 g/mol. The van der Waals surface area contributed by atoms with Crippen molar-refractivity contribution < 1.29 is 17.9 Å². The van der Waals surface area contributed by atoms with Crippen LogP contribution in [0, 0.1) is 0 Å². The molecule has 3 aromatic rings. The fraction of sp³-hybridized carbons (Fsp3) is 0.348. The summed E-state index contributed by atoms with van der Waals surface area (Å²) >= 11 is 7.63. The Morgan fingerprint density at radius 2 is 1.88 bits per heavy atom. The van der Waals surface area contributed by atoms with Crippen LogP contribution in [0.1, 0.15) is 19.8 Å². The van der Waals surface area contributed by atoms with Gasteiger partial charge in [0.1, 0.15) is 16.4 Å². The molecule has 0 saturated carbocycles. The van der Waals surface area contributed by atoms with Gasteiger partial charge in [-0.3, -0.25) is 0 Å². The van der Waals surface area contributed by atoms with Gasteiger partial charge in [0, 0.05) is 29.1 Å². The van der Waals surface area contributed by atoms with Crippen molar-refractivity contribution in [1.29, 1.82) is 0 Å². The van der Waals surface area contributed by atoms with Gasteiger partial charge in [0.05, 0.1) is 24.7 Å². The van der Waals surface area contributed by atoms with E-state index in [4.69, 9.17) is 26.1 Å². The Hall–Kier alpha value is -2.29. The highest BCUT2D eigenvalue weighted by atomic mass is 35.5. The van der Waals surface area contributed by atoms with E-state index >= 15 is 0 Å². The third-order valence-electron chi connectivity index (χ3n) is 5.54. The molecule has 0 amide bonds. The Balaban J connectivity index is 1.45. The molecule has 170 valence electrons. The molecule has 0 radical (unpaired) electrons. The number of halogens is 1. The summed E-state index contributed by atoms with van der Waals surface area (Å²) in [6.07, 6.45) is 1.05. The number of nitrogens with zero attached hydrogens (tertiary/aromatic N) is 2. The van der Waals surface area contributed by atoms with Crippen LogP contribution in [0.25, 0.3) is 11.3 Å². The average Bonchev–Trinajstić information content (AvgIpc) is 3.30. The summed E-state index contributed by atoms with van der Waals surface area (Å²) in [7, 11) is -2.08. The normalized spacial score (nSPS) is 15.0. The molecule has 1 fully saturated rings. The molecule has 1 saturated heterocycles. The number of sulfone groups is 1. The van der Waals surface area contributed by atoms with E-state index in [-0.39, 0.29) is 4.90 Å². The van der Waals surface area contributed by atoms with E-state index in [1.165, 1.54) is 13.2 Å². The van der Waals surface area contributed by atoms with E-state index in [1.807, 2.05) is 36.6 Å². The SMILES string of the molecule is CCOc1ccc(-c2csc(N3CCC(S(=O)(=O)c4cc(Cl)ccc4OC)CC3)n2)cc1. The van der Waals surface area contributed by atoms with Crippen LogP contribution < -0.4 is 14.4 Å². The first kappa shape index (κ1) is 22.9. The molecule has 6 nitrogen and oxygen atoms in total. The Morgan fingerprint density at radius 3 is 2.53 bits per heavy atom. The van der Waals surface area contributed by atoms with E-state index in [0.717, 1.165) is 22.1 Å². The van der Waals surface area contributed by atoms with Crippen LogP contribution in [-0.4, -0.2) is 45.5 Å². The number of ether oxygens (including phenoxy) is 2. The molecule has 2 aromatic carbocycles. The zero-order valence-electron chi connectivity index (χ0n) is 18.0. The zero-order chi connectivity index (χ0) is 22.7. The second-order valence-electron chi connectivity index (χ2n) is 7.50. The van der Waals surface area contributed by atoms with Crippen LogP contribution in [0.4, 0.5) is 5.13 Å². The van der Waals surface area contributed by atoms with Crippen molar-refractivity contribution in [3.63, 3.8) is 0 Å². The van der Waals surface area contributed by atoms with Crippen LogP contribution in [-0.2, 0) is 9.84 Å². The van der Waals surface area contributed by atoms with Gasteiger partial charge >= 0.3 is 0 Å². The van der Waals surface area contributed by atoms with E-state index in [9.17, 15) is 8.42 Å². The van der Waals surface area contributed by atoms with Crippen molar-refractivity contribution in [3.05, 3.63) is 52.9 Å². The molecule has 0 aliphatic carbocycles. The lowest BCUT2D eigenvalue weighted by molar-refractivity contribution is 0.340. The van der Waals surface area contributed by atoms with Crippen molar-refractivity contribution >= 4 is 37.9 Å². The highest BCUT2D eigenvalue weighted by Gasteiger charge is 2.34. The number of methoxy groups -OCH3 is 1. The number of aromatic nitrogens is 1. The Kier molecular flexibility index (Phi) is 6.93. The summed E-state index contributed by atoms with van der Waals surface area (Å²) in [5.41, 5.74) is 1.94. The monoisotopic (exact) mass is 492 g/mol. The molecule has 0 N–H and O–H groups in total. The maximum atomic E-state index is 13.2. The molecule has 9 heteroatoms. The standard InChI is InChI=1S/C23H25ClN2O4S2/c1-3-30-18-7-4-16(5-8-18)20-15-31-23(25-20)26-12-10-19(11-13-26)32(27,28)22-14-17(24)6-9-21(22)29-2/h4-9,14-15,19H,3,10-13H2,1-2H3. The summed E-state index contributed by atoms with van der Waals surface area (Å²) in [6, 6.07) is 12.6. The smallest absolute Gasteiger partial charge is 0.185 e. The van der Waals surface area contributed by atoms with E-state index in [1.54, 1.807) is 23.5 Å². The highest BCUT2D eigenvalue weighted by Crippen LogP contribution is 2.35. The van der Waals surface area contributed by atoms with E-state index < -0.39 is 15.1 Å². The maximum Gasteiger partial charge on any atom is 0.185 e. The van der Waals surface area contributed by atoms with E-state index in [0.29, 0.717) is 43.3 Å². The molecule has 1 aromatic heterocycles. The number of anilines is 1. The number of hydrogen-bond donors (Lipinski definition) is 0. The largest absolute Gasteiger partial charge is 0.495 e. The number of piperidine rings is 1. The third-order valence-corrected chi connectivity index (χ3v) is 8.95. The molecule has 4 rings (SSSR count). The Morgan fingerprint density at radius 1 is 1.16 bits per heavy atom. The lowest BCUT2D eigenvalue weighted by Crippen LogP contribution is -2.39. The van der Waals surface area contributed by atoms with Crippen LogP contribution in [0.15, 0.2) is 52.7 Å². The van der Waals surface area contributed by atoms with Crippen LogP contribution in [0.5, 0.6) is 11.5 Å². The van der Waals surface area contributed by atoms with Gasteiger partial charge < -0.3 is 14.4 Å². The number of hydrogen-bond acceptors (Lipinski definition) is 7. The van der Waals surface area contributed by atoms with Gasteiger partial charge in [0.25, 0.3) is 0 Å². The molecule has 32 heavy (non-hydrogen) atoms. The quantitative estimate of drug-likeness (QED) is 0.445. The van der Waals surface area contributed by atoms with E-state index in [2.05, 4.69) is 4.90 Å². The molecule has 1 aliphatic rings. The Labute approximate surface area is 197 Å². The first-order valence-corrected chi connectivity index (χ1v) is 13.2. The summed E-state index contributed by atoms with van der Waals surface area (Å²) < 4.78 is 37.3. The fourth-order valence-electron chi connectivity index (χ4n) is 3.84. The zero-order valence-corrected chi connectivity index (χ0v) is 20.3. The topological polar surface area (TPSA) is 68.7 Å². The summed E-state index contributed by atoms with van der Waals surface area (Å²) in [4.78, 5) is 7.10. The van der Waals surface area contributed by atoms with Crippen LogP contribution in [0.2, 0.25) is 5.02 Å². The van der Waals surface area contributed by atoms with Gasteiger partial charge in [0.2, 0.25) is 0 Å². The number of thiazole rings is 1. The third kappa shape index (κ3) is 4.72. The van der Waals surface area contributed by atoms with Crippen LogP contribution >= 0.6 is 22.9 Å². The predicted octanol–water partition coefficient (Wildman–Crippen LogP) is 5.31. The predicted molar refractivity (Wildman–Crippen MR) is 129 cm³/mol. The van der Waals surface area contributed by atoms with Crippen molar-refractivity contribution in [1.82, 2.24) is 4.98 Å². The molecule has 1 aliphatic heterocycles. The summed E-state index contributed by atoms with van der Waals surface area (Å²) in [5, 5.41) is 2.85. The Bertz CT molecular complexity index is 1170. The summed E-state index contributed by atoms with van der Waals surface area (Å²) in [6.45, 7) is 3.85. The van der Waals surface area contributed by atoms with Gasteiger partial charge in [-0.1, -0.05) is 11.6 Å². The number of rotatable bonds is 7. The van der Waals surface area contributed by atoms with Gasteiger partial charge in [-0.15, -0.1) is 11.3 Å². The molecule has 0 spiro atoms. The minimum atomic E-state index is -3.54. The molecule has 0 unspecified atom stereocenters. The average molecular weight is 493 g/mol. The second-order valence-corrected chi connectivity index (χ2v) is 11.0. The molecular formula is C23H25ClN2O4S2. The lowest BCUT2D eigenvalue weighted by atomic mass is 10.1. The van der Waals surface area contributed by atoms with Crippen molar-refractivity contribution in [3.8, 4) is 22.8 Å². The maximum absolute atomic E-state index is 13.2. The van der Waals surface area contributed by atoms with Crippen molar-refractivity contribution in [2.75, 3.05) is 31.7 Å². The van der Waals surface area contributed by atoms with Crippen LogP contribution in [0.3, 0.4) is 0 Å². The minimum absolute atomic E-state index is 0.165. The van der Waals surface area contributed by atoms with Crippen molar-refractivity contribution in [2.45, 2.75) is 29.9 Å². The first-order valence-electron chi connectivity index (χ1n) is 10.4. The van der Waals surface area contributed by atoms with Gasteiger partial charge in [-0.25, -0.2) is 13.4 Å². The highest BCUT2D eigenvalue weighted by molar-refractivity contribution is 7.92. The first-order chi connectivity index (χ1) is 15.4. The van der Waals surface area contributed by atoms with Gasteiger partial charge in [0.15, 0.2) is 15.0 Å².